The third-order valence-electron chi connectivity index (χ3n) is 3.98. The number of aromatic amines is 1. The summed E-state index contributed by atoms with van der Waals surface area (Å²) in [6.07, 6.45) is 3.25. The number of nitrogens with two attached hydrogens (primary N) is 1. The molecule has 106 valence electrons. The van der Waals surface area contributed by atoms with E-state index in [2.05, 4.69) is 15.2 Å². The summed E-state index contributed by atoms with van der Waals surface area (Å²) in [5, 5.41) is 6.85. The highest BCUT2D eigenvalue weighted by Crippen LogP contribution is 2.29. The van der Waals surface area contributed by atoms with Gasteiger partial charge in [-0.3, -0.25) is 9.89 Å². The molecule has 1 aliphatic rings. The Balaban J connectivity index is 2.09. The van der Waals surface area contributed by atoms with Gasteiger partial charge in [0.05, 0.1) is 0 Å². The fraction of sp³-hybridized carbons (Fsp3) is 0.769. The van der Waals surface area contributed by atoms with Crippen molar-refractivity contribution in [3.05, 3.63) is 11.6 Å². The van der Waals surface area contributed by atoms with Crippen LogP contribution in [0.1, 0.15) is 55.5 Å². The monoisotopic (exact) mass is 265 g/mol. The van der Waals surface area contributed by atoms with E-state index in [1.54, 1.807) is 4.90 Å². The summed E-state index contributed by atoms with van der Waals surface area (Å²) in [5.74, 6) is 1.53. The summed E-state index contributed by atoms with van der Waals surface area (Å²) in [7, 11) is 1.83. The Bertz CT molecular complexity index is 442. The van der Waals surface area contributed by atoms with E-state index >= 15 is 0 Å². The Labute approximate surface area is 113 Å². The Morgan fingerprint density at radius 2 is 2.26 bits per heavy atom. The van der Waals surface area contributed by atoms with Gasteiger partial charge in [-0.05, 0) is 25.3 Å². The highest BCUT2D eigenvalue weighted by atomic mass is 16.2. The van der Waals surface area contributed by atoms with Gasteiger partial charge >= 0.3 is 0 Å². The number of carbonyl (C=O) groups excluding carboxylic acids is 1. The summed E-state index contributed by atoms with van der Waals surface area (Å²) in [5.41, 5.74) is 5.77. The van der Waals surface area contributed by atoms with Crippen molar-refractivity contribution in [2.24, 2.45) is 11.7 Å². The molecule has 19 heavy (non-hydrogen) atoms. The lowest BCUT2D eigenvalue weighted by molar-refractivity contribution is 0.0688. The van der Waals surface area contributed by atoms with E-state index in [-0.39, 0.29) is 23.7 Å². The van der Waals surface area contributed by atoms with Gasteiger partial charge in [-0.25, -0.2) is 4.98 Å². The Morgan fingerprint density at radius 1 is 1.53 bits per heavy atom. The molecule has 0 aromatic carbocycles. The first kappa shape index (κ1) is 14.0. The van der Waals surface area contributed by atoms with E-state index in [1.165, 1.54) is 0 Å². The zero-order chi connectivity index (χ0) is 14.0. The highest BCUT2D eigenvalue weighted by Gasteiger charge is 2.33. The lowest BCUT2D eigenvalue weighted by Crippen LogP contribution is -2.41. The van der Waals surface area contributed by atoms with E-state index in [0.717, 1.165) is 25.1 Å². The first-order valence-electron chi connectivity index (χ1n) is 6.94. The molecule has 1 fully saturated rings. The van der Waals surface area contributed by atoms with Crippen LogP contribution in [0.3, 0.4) is 0 Å². The van der Waals surface area contributed by atoms with E-state index in [4.69, 9.17) is 5.73 Å². The second-order valence-electron chi connectivity index (χ2n) is 5.61. The molecule has 1 aromatic heterocycles. The molecule has 6 heteroatoms. The zero-order valence-electron chi connectivity index (χ0n) is 11.9. The molecule has 0 radical (unpaired) electrons. The lowest BCUT2D eigenvalue weighted by atomic mass is 10.0. The van der Waals surface area contributed by atoms with Crippen LogP contribution in [-0.4, -0.2) is 45.6 Å². The van der Waals surface area contributed by atoms with Crippen LogP contribution >= 0.6 is 0 Å². The van der Waals surface area contributed by atoms with E-state index in [9.17, 15) is 4.79 Å². The Morgan fingerprint density at radius 3 is 2.84 bits per heavy atom. The summed E-state index contributed by atoms with van der Waals surface area (Å²) < 4.78 is 0. The number of nitrogens with one attached hydrogen (secondary N) is 1. The molecule has 1 saturated carbocycles. The first-order valence-corrected chi connectivity index (χ1v) is 6.94. The van der Waals surface area contributed by atoms with Crippen molar-refractivity contribution in [2.45, 2.75) is 45.1 Å². The smallest absolute Gasteiger partial charge is 0.293 e. The minimum atomic E-state index is -0.117. The van der Waals surface area contributed by atoms with Crippen LogP contribution in [0, 0.1) is 5.92 Å². The maximum absolute atomic E-state index is 12.4. The van der Waals surface area contributed by atoms with Gasteiger partial charge in [-0.2, -0.15) is 0 Å². The van der Waals surface area contributed by atoms with Crippen LogP contribution in [0.15, 0.2) is 0 Å². The largest absolute Gasteiger partial charge is 0.336 e. The molecule has 1 aliphatic carbocycles. The van der Waals surface area contributed by atoms with Crippen LogP contribution in [-0.2, 0) is 0 Å². The molecule has 2 unspecified atom stereocenters. The molecular formula is C13H23N5O. The third-order valence-corrected chi connectivity index (χ3v) is 3.98. The van der Waals surface area contributed by atoms with Crippen molar-refractivity contribution in [1.82, 2.24) is 20.1 Å². The average Bonchev–Trinajstić information content (AvgIpc) is 3.05. The second-order valence-corrected chi connectivity index (χ2v) is 5.61. The van der Waals surface area contributed by atoms with Crippen LogP contribution < -0.4 is 5.73 Å². The molecule has 1 aromatic rings. The fourth-order valence-electron chi connectivity index (χ4n) is 2.74. The van der Waals surface area contributed by atoms with Crippen LogP contribution in [0.4, 0.5) is 0 Å². The van der Waals surface area contributed by atoms with Crippen LogP contribution in [0.5, 0.6) is 0 Å². The molecule has 1 amide bonds. The summed E-state index contributed by atoms with van der Waals surface area (Å²) in [4.78, 5) is 18.4. The molecule has 0 spiro atoms. The number of rotatable bonds is 4. The van der Waals surface area contributed by atoms with Crippen molar-refractivity contribution < 1.29 is 4.79 Å². The van der Waals surface area contributed by atoms with Gasteiger partial charge in [-0.1, -0.05) is 20.3 Å². The zero-order valence-corrected chi connectivity index (χ0v) is 11.9. The number of hydrogen-bond donors (Lipinski definition) is 2. The standard InChI is InChI=1S/C13H23N5O/c1-8(2)11-15-12(17-16-11)13(19)18(3)10-6-4-5-9(10)7-14/h8-10H,4-7,14H2,1-3H3,(H,15,16,17). The molecule has 6 nitrogen and oxygen atoms in total. The van der Waals surface area contributed by atoms with Gasteiger partial charge in [0.2, 0.25) is 5.82 Å². The minimum absolute atomic E-state index is 0.117. The predicted octanol–water partition coefficient (Wildman–Crippen LogP) is 1.13. The first-order chi connectivity index (χ1) is 9.04. The highest BCUT2D eigenvalue weighted by molar-refractivity contribution is 5.90. The third kappa shape index (κ3) is 2.78. The normalized spacial score (nSPS) is 23.0. The topological polar surface area (TPSA) is 87.9 Å². The number of aromatic nitrogens is 3. The van der Waals surface area contributed by atoms with Crippen molar-refractivity contribution in [3.63, 3.8) is 0 Å². The van der Waals surface area contributed by atoms with Crippen molar-refractivity contribution in [3.8, 4) is 0 Å². The van der Waals surface area contributed by atoms with Crippen molar-refractivity contribution >= 4 is 5.91 Å². The summed E-state index contributed by atoms with van der Waals surface area (Å²) in [6.45, 7) is 4.66. The van der Waals surface area contributed by atoms with Crippen molar-refractivity contribution in [2.75, 3.05) is 13.6 Å². The van der Waals surface area contributed by atoms with Gasteiger partial charge in [0.25, 0.3) is 5.91 Å². The van der Waals surface area contributed by atoms with Crippen LogP contribution in [0.2, 0.25) is 0 Å². The van der Waals surface area contributed by atoms with Crippen LogP contribution in [0.25, 0.3) is 0 Å². The van der Waals surface area contributed by atoms with Gasteiger partial charge < -0.3 is 10.6 Å². The minimum Gasteiger partial charge on any atom is -0.336 e. The molecule has 2 rings (SSSR count). The van der Waals surface area contributed by atoms with Gasteiger partial charge in [-0.15, -0.1) is 5.10 Å². The second kappa shape index (κ2) is 5.69. The van der Waals surface area contributed by atoms with Gasteiger partial charge in [0, 0.05) is 19.0 Å². The molecule has 3 N–H and O–H groups in total. The van der Waals surface area contributed by atoms with Crippen molar-refractivity contribution in [1.29, 1.82) is 0 Å². The van der Waals surface area contributed by atoms with E-state index in [0.29, 0.717) is 12.5 Å². The SMILES string of the molecule is CC(C)c1nc(C(=O)N(C)C2CCCC2CN)n[nH]1. The quantitative estimate of drug-likeness (QED) is 0.854. The maximum Gasteiger partial charge on any atom is 0.293 e. The molecular weight excluding hydrogens is 242 g/mol. The summed E-state index contributed by atoms with van der Waals surface area (Å²) >= 11 is 0. The molecule has 1 heterocycles. The fourth-order valence-corrected chi connectivity index (χ4v) is 2.74. The number of nitrogens with zero attached hydrogens (tertiary/aromatic N) is 3. The van der Waals surface area contributed by atoms with E-state index in [1.807, 2.05) is 20.9 Å². The molecule has 0 aliphatic heterocycles. The van der Waals surface area contributed by atoms with Gasteiger partial charge in [0.1, 0.15) is 5.82 Å². The number of amides is 1. The number of H-pyrrole nitrogens is 1. The molecule has 2 atom stereocenters. The average molecular weight is 265 g/mol. The molecule has 0 bridgehead atoms. The Kier molecular flexibility index (Phi) is 4.19. The lowest BCUT2D eigenvalue weighted by Gasteiger charge is -2.28. The molecule has 0 saturated heterocycles. The summed E-state index contributed by atoms with van der Waals surface area (Å²) in [6, 6.07) is 0.221. The number of hydrogen-bond acceptors (Lipinski definition) is 4. The Hall–Kier alpha value is -1.43. The van der Waals surface area contributed by atoms with E-state index < -0.39 is 0 Å². The number of carbonyl (C=O) groups is 1. The predicted molar refractivity (Wildman–Crippen MR) is 72.7 cm³/mol. The van der Waals surface area contributed by atoms with Gasteiger partial charge in [0.15, 0.2) is 0 Å². The maximum atomic E-state index is 12.4.